The molecule has 112 valence electrons. The summed E-state index contributed by atoms with van der Waals surface area (Å²) in [4.78, 5) is 6.57. The predicted molar refractivity (Wildman–Crippen MR) is 85.4 cm³/mol. The summed E-state index contributed by atoms with van der Waals surface area (Å²) in [7, 11) is 0. The monoisotopic (exact) mass is 315 g/mol. The van der Waals surface area contributed by atoms with Crippen molar-refractivity contribution >= 4 is 23.2 Å². The maximum atomic E-state index is 6.15. The highest BCUT2D eigenvalue weighted by atomic mass is 35.5. The van der Waals surface area contributed by atoms with Gasteiger partial charge in [0.1, 0.15) is 10.3 Å². The van der Waals surface area contributed by atoms with E-state index in [4.69, 9.17) is 23.2 Å². The van der Waals surface area contributed by atoms with Crippen LogP contribution in [0.25, 0.3) is 0 Å². The Morgan fingerprint density at radius 1 is 1.40 bits per heavy atom. The van der Waals surface area contributed by atoms with Gasteiger partial charge in [0.2, 0.25) is 0 Å². The van der Waals surface area contributed by atoms with Crippen molar-refractivity contribution in [3.63, 3.8) is 0 Å². The van der Waals surface area contributed by atoms with Crippen molar-refractivity contribution in [1.82, 2.24) is 15.2 Å². The molecule has 0 saturated carbocycles. The van der Waals surface area contributed by atoms with Gasteiger partial charge in [0.05, 0.1) is 0 Å². The Morgan fingerprint density at radius 3 is 2.90 bits per heavy atom. The first-order valence-electron chi connectivity index (χ1n) is 7.31. The van der Waals surface area contributed by atoms with E-state index in [9.17, 15) is 0 Å². The smallest absolute Gasteiger partial charge is 0.135 e. The summed E-state index contributed by atoms with van der Waals surface area (Å²) in [5.41, 5.74) is 1.06. The number of hydrogen-bond donors (Lipinski definition) is 1. The number of aromatic nitrogens is 1. The van der Waals surface area contributed by atoms with Crippen LogP contribution in [0.15, 0.2) is 12.1 Å². The van der Waals surface area contributed by atoms with Crippen LogP contribution in [-0.2, 0) is 6.54 Å². The van der Waals surface area contributed by atoms with Crippen molar-refractivity contribution < 1.29 is 0 Å². The summed E-state index contributed by atoms with van der Waals surface area (Å²) in [5, 5.41) is 4.52. The third kappa shape index (κ3) is 4.88. The molecule has 0 bridgehead atoms. The number of hydrogen-bond acceptors (Lipinski definition) is 3. The van der Waals surface area contributed by atoms with Gasteiger partial charge in [0, 0.05) is 24.7 Å². The summed E-state index contributed by atoms with van der Waals surface area (Å²) in [6.07, 6.45) is 2.56. The van der Waals surface area contributed by atoms with Gasteiger partial charge in [-0.1, -0.05) is 43.1 Å². The first-order valence-corrected chi connectivity index (χ1v) is 8.07. The van der Waals surface area contributed by atoms with Gasteiger partial charge in [-0.25, -0.2) is 4.98 Å². The second-order valence-corrected chi connectivity index (χ2v) is 6.64. The average Bonchev–Trinajstić information content (AvgIpc) is 2.40. The average molecular weight is 316 g/mol. The van der Waals surface area contributed by atoms with Gasteiger partial charge < -0.3 is 5.32 Å². The normalized spacial score (nSPS) is 20.6. The van der Waals surface area contributed by atoms with Gasteiger partial charge in [0.15, 0.2) is 0 Å². The molecule has 1 N–H and O–H groups in total. The van der Waals surface area contributed by atoms with E-state index in [1.165, 1.54) is 12.8 Å². The zero-order valence-electron chi connectivity index (χ0n) is 12.2. The zero-order chi connectivity index (χ0) is 14.5. The van der Waals surface area contributed by atoms with E-state index in [1.807, 2.05) is 12.1 Å². The quantitative estimate of drug-likeness (QED) is 0.841. The van der Waals surface area contributed by atoms with Crippen LogP contribution in [0, 0.1) is 5.92 Å². The molecule has 1 fully saturated rings. The van der Waals surface area contributed by atoms with Crippen LogP contribution >= 0.6 is 23.2 Å². The van der Waals surface area contributed by atoms with Crippen LogP contribution in [0.3, 0.4) is 0 Å². The number of nitrogens with zero attached hydrogens (tertiary/aromatic N) is 2. The lowest BCUT2D eigenvalue weighted by molar-refractivity contribution is 0.164. The lowest BCUT2D eigenvalue weighted by Gasteiger charge is -2.33. The molecule has 0 amide bonds. The van der Waals surface area contributed by atoms with Gasteiger partial charge in [-0.3, -0.25) is 4.90 Å². The molecule has 1 unspecified atom stereocenters. The van der Waals surface area contributed by atoms with E-state index < -0.39 is 0 Å². The van der Waals surface area contributed by atoms with E-state index in [2.05, 4.69) is 29.0 Å². The minimum atomic E-state index is 0.455. The molecule has 2 heterocycles. The molecule has 20 heavy (non-hydrogen) atoms. The van der Waals surface area contributed by atoms with E-state index >= 15 is 0 Å². The molecule has 1 saturated heterocycles. The van der Waals surface area contributed by atoms with Crippen molar-refractivity contribution in [3.8, 4) is 0 Å². The standard InChI is InChI=1S/C15H23Cl2N3/c1-11(2)18-8-12-4-3-7-20(9-12)10-13-5-6-14(16)19-15(13)17/h5-6,11-12,18H,3-4,7-10H2,1-2H3. The summed E-state index contributed by atoms with van der Waals surface area (Å²) < 4.78 is 0. The van der Waals surface area contributed by atoms with E-state index in [0.717, 1.165) is 37.7 Å². The Bertz CT molecular complexity index is 437. The highest BCUT2D eigenvalue weighted by molar-refractivity contribution is 6.32. The Hall–Kier alpha value is -0.350. The maximum Gasteiger partial charge on any atom is 0.135 e. The first kappa shape index (κ1) is 16.0. The minimum Gasteiger partial charge on any atom is -0.314 e. The number of pyridine rings is 1. The third-order valence-corrected chi connectivity index (χ3v) is 4.24. The Kier molecular flexibility index (Phi) is 6.09. The molecule has 2 rings (SSSR count). The summed E-state index contributed by atoms with van der Waals surface area (Å²) in [6.45, 7) is 8.61. The lowest BCUT2D eigenvalue weighted by Crippen LogP contribution is -2.40. The molecule has 3 nitrogen and oxygen atoms in total. The van der Waals surface area contributed by atoms with Crippen molar-refractivity contribution in [2.75, 3.05) is 19.6 Å². The molecule has 1 aliphatic heterocycles. The molecule has 1 aromatic rings. The second-order valence-electron chi connectivity index (χ2n) is 5.89. The molecule has 1 aliphatic rings. The lowest BCUT2D eigenvalue weighted by atomic mass is 9.97. The SMILES string of the molecule is CC(C)NCC1CCCN(Cc2ccc(Cl)nc2Cl)C1. The molecule has 0 aliphatic carbocycles. The molecule has 1 atom stereocenters. The minimum absolute atomic E-state index is 0.455. The predicted octanol–water partition coefficient (Wildman–Crippen LogP) is 3.60. The fraction of sp³-hybridized carbons (Fsp3) is 0.667. The maximum absolute atomic E-state index is 6.15. The van der Waals surface area contributed by atoms with Crippen LogP contribution in [0.5, 0.6) is 0 Å². The van der Waals surface area contributed by atoms with E-state index in [1.54, 1.807) is 0 Å². The van der Waals surface area contributed by atoms with Crippen LogP contribution in [0.1, 0.15) is 32.3 Å². The van der Waals surface area contributed by atoms with Crippen molar-refractivity contribution in [1.29, 1.82) is 0 Å². The number of piperidine rings is 1. The molecular weight excluding hydrogens is 293 g/mol. The highest BCUT2D eigenvalue weighted by Gasteiger charge is 2.20. The Morgan fingerprint density at radius 2 is 2.20 bits per heavy atom. The number of rotatable bonds is 5. The highest BCUT2D eigenvalue weighted by Crippen LogP contribution is 2.22. The number of halogens is 2. The van der Waals surface area contributed by atoms with E-state index in [0.29, 0.717) is 16.3 Å². The topological polar surface area (TPSA) is 28.2 Å². The largest absolute Gasteiger partial charge is 0.314 e. The molecular formula is C15H23Cl2N3. The fourth-order valence-electron chi connectivity index (χ4n) is 2.66. The Balaban J connectivity index is 1.89. The molecule has 0 radical (unpaired) electrons. The van der Waals surface area contributed by atoms with Gasteiger partial charge in [-0.15, -0.1) is 0 Å². The van der Waals surface area contributed by atoms with Gasteiger partial charge in [-0.05, 0) is 37.9 Å². The van der Waals surface area contributed by atoms with Crippen LogP contribution in [0.2, 0.25) is 10.3 Å². The van der Waals surface area contributed by atoms with Gasteiger partial charge >= 0.3 is 0 Å². The molecule has 0 spiro atoms. The van der Waals surface area contributed by atoms with E-state index in [-0.39, 0.29) is 0 Å². The number of likely N-dealkylation sites (tertiary alicyclic amines) is 1. The summed E-state index contributed by atoms with van der Waals surface area (Å²) in [5.74, 6) is 0.727. The molecule has 0 aromatic carbocycles. The van der Waals surface area contributed by atoms with Crippen LogP contribution in [0.4, 0.5) is 0 Å². The van der Waals surface area contributed by atoms with Crippen LogP contribution in [-0.4, -0.2) is 35.6 Å². The summed E-state index contributed by atoms with van der Waals surface area (Å²) >= 11 is 12.0. The Labute approximate surface area is 131 Å². The van der Waals surface area contributed by atoms with Gasteiger partial charge in [0.25, 0.3) is 0 Å². The number of nitrogens with one attached hydrogen (secondary N) is 1. The first-order chi connectivity index (χ1) is 9.54. The van der Waals surface area contributed by atoms with Gasteiger partial charge in [-0.2, -0.15) is 0 Å². The van der Waals surface area contributed by atoms with Crippen molar-refractivity contribution in [2.24, 2.45) is 5.92 Å². The van der Waals surface area contributed by atoms with Crippen molar-refractivity contribution in [3.05, 3.63) is 28.0 Å². The summed E-state index contributed by atoms with van der Waals surface area (Å²) in [6, 6.07) is 4.35. The molecule has 1 aromatic heterocycles. The van der Waals surface area contributed by atoms with Crippen molar-refractivity contribution in [2.45, 2.75) is 39.3 Å². The zero-order valence-corrected chi connectivity index (χ0v) is 13.7. The van der Waals surface area contributed by atoms with Crippen LogP contribution < -0.4 is 5.32 Å². The third-order valence-electron chi connectivity index (χ3n) is 3.70. The molecule has 5 heteroatoms. The second kappa shape index (κ2) is 7.60. The fourth-order valence-corrected chi connectivity index (χ4v) is 3.07.